The lowest BCUT2D eigenvalue weighted by Crippen LogP contribution is -2.21. The molecule has 21 heavy (non-hydrogen) atoms. The van der Waals surface area contributed by atoms with Crippen LogP contribution < -0.4 is 16.0 Å². The maximum absolute atomic E-state index is 12.8. The van der Waals surface area contributed by atoms with E-state index in [1.807, 2.05) is 24.3 Å². The summed E-state index contributed by atoms with van der Waals surface area (Å²) in [4.78, 5) is 15.2. The van der Waals surface area contributed by atoms with Crippen LogP contribution >= 0.6 is 0 Å². The minimum atomic E-state index is -0.355. The summed E-state index contributed by atoms with van der Waals surface area (Å²) in [5.41, 5.74) is 7.60. The summed E-state index contributed by atoms with van der Waals surface area (Å²) in [5.74, 6) is -0.416. The number of nitrogens with one attached hydrogen (secondary N) is 2. The topological polar surface area (TPSA) is 69.3 Å². The van der Waals surface area contributed by atoms with Crippen molar-refractivity contribution < 1.29 is 14.2 Å². The summed E-state index contributed by atoms with van der Waals surface area (Å²) in [6, 6.07) is 14.8. The predicted octanol–water partition coefficient (Wildman–Crippen LogP) is 2.63. The van der Waals surface area contributed by atoms with Crippen LogP contribution in [0.4, 0.5) is 15.9 Å². The number of carbonyl (C=O) groups excluding carboxylic acids is 1. The van der Waals surface area contributed by atoms with Crippen molar-refractivity contribution in [1.82, 2.24) is 0 Å². The fourth-order valence-electron chi connectivity index (χ4n) is 2.10. The lowest BCUT2D eigenvalue weighted by Gasteiger charge is -2.06. The van der Waals surface area contributed by atoms with Crippen molar-refractivity contribution in [3.63, 3.8) is 0 Å². The Morgan fingerprint density at radius 1 is 1.10 bits per heavy atom. The molecule has 0 aliphatic carbocycles. The quantitative estimate of drug-likeness (QED) is 0.758. The molecule has 1 heterocycles. The van der Waals surface area contributed by atoms with Crippen LogP contribution in [0, 0.1) is 5.82 Å². The molecule has 1 aromatic heterocycles. The number of pyridine rings is 1. The minimum absolute atomic E-state index is 0.285. The second-order valence-electron chi connectivity index (χ2n) is 4.64. The number of rotatable bonds is 2. The second-order valence-corrected chi connectivity index (χ2v) is 4.64. The van der Waals surface area contributed by atoms with Gasteiger partial charge >= 0.3 is 0 Å². The Labute approximate surface area is 120 Å². The normalized spacial score (nSPS) is 10.5. The molecule has 0 saturated heterocycles. The van der Waals surface area contributed by atoms with E-state index < -0.39 is 0 Å². The van der Waals surface area contributed by atoms with Gasteiger partial charge < -0.3 is 5.32 Å². The first-order valence-electron chi connectivity index (χ1n) is 6.41. The third-order valence-corrected chi connectivity index (χ3v) is 3.17. The number of para-hydroxylation sites is 1. The Morgan fingerprint density at radius 3 is 2.57 bits per heavy atom. The van der Waals surface area contributed by atoms with E-state index in [1.54, 1.807) is 6.07 Å². The van der Waals surface area contributed by atoms with E-state index in [2.05, 4.69) is 10.3 Å². The van der Waals surface area contributed by atoms with Crippen LogP contribution in [0.1, 0.15) is 10.4 Å². The van der Waals surface area contributed by atoms with Crippen molar-refractivity contribution in [2.24, 2.45) is 0 Å². The molecule has 4 N–H and O–H groups in total. The number of amides is 1. The van der Waals surface area contributed by atoms with E-state index in [0.717, 1.165) is 10.9 Å². The number of nitrogens with two attached hydrogens (primary N) is 1. The molecule has 0 saturated carbocycles. The maximum atomic E-state index is 12.8. The monoisotopic (exact) mass is 282 g/mol. The van der Waals surface area contributed by atoms with Crippen molar-refractivity contribution >= 4 is 28.3 Å². The van der Waals surface area contributed by atoms with Crippen molar-refractivity contribution in [3.8, 4) is 0 Å². The Morgan fingerprint density at radius 2 is 1.81 bits per heavy atom. The summed E-state index contributed by atoms with van der Waals surface area (Å²) >= 11 is 0. The number of anilines is 2. The van der Waals surface area contributed by atoms with Gasteiger partial charge in [-0.05, 0) is 36.4 Å². The summed E-state index contributed by atoms with van der Waals surface area (Å²) in [6.45, 7) is 0. The van der Waals surface area contributed by atoms with Gasteiger partial charge in [0.15, 0.2) is 0 Å². The molecule has 104 valence electrons. The molecular weight excluding hydrogens is 269 g/mol. The maximum Gasteiger partial charge on any atom is 0.283 e. The number of hydrogen-bond donors (Lipinski definition) is 2. The van der Waals surface area contributed by atoms with Crippen LogP contribution in [0.2, 0.25) is 0 Å². The van der Waals surface area contributed by atoms with E-state index in [0.29, 0.717) is 11.3 Å². The second kappa shape index (κ2) is 5.20. The molecule has 0 aliphatic rings. The molecule has 4 nitrogen and oxygen atoms in total. The van der Waals surface area contributed by atoms with Gasteiger partial charge in [-0.1, -0.05) is 18.2 Å². The van der Waals surface area contributed by atoms with E-state index >= 15 is 0 Å². The molecule has 1 amide bonds. The number of fused-ring (bicyclic) bond motifs is 1. The molecule has 0 atom stereocenters. The molecule has 2 aromatic carbocycles. The number of halogens is 1. The Bertz CT molecular complexity index is 815. The highest BCUT2D eigenvalue weighted by atomic mass is 19.1. The van der Waals surface area contributed by atoms with Gasteiger partial charge in [0.25, 0.3) is 11.7 Å². The van der Waals surface area contributed by atoms with E-state index in [9.17, 15) is 9.18 Å². The van der Waals surface area contributed by atoms with E-state index in [-0.39, 0.29) is 17.5 Å². The largest absolute Gasteiger partial charge is 0.322 e. The van der Waals surface area contributed by atoms with E-state index in [1.165, 1.54) is 24.3 Å². The number of carbonyl (C=O) groups is 1. The van der Waals surface area contributed by atoms with Gasteiger partial charge in [-0.2, -0.15) is 0 Å². The zero-order valence-corrected chi connectivity index (χ0v) is 11.1. The number of hydrogen-bond acceptors (Lipinski definition) is 2. The van der Waals surface area contributed by atoms with Crippen LogP contribution in [0.3, 0.4) is 0 Å². The highest BCUT2D eigenvalue weighted by molar-refractivity contribution is 6.08. The SMILES string of the molecule is Nc1[nH+]c2ccccc2cc1C(=O)Nc1ccc(F)cc1. The zero-order chi connectivity index (χ0) is 14.8. The molecule has 0 unspecified atom stereocenters. The molecule has 0 aliphatic heterocycles. The molecule has 5 heteroatoms. The van der Waals surface area contributed by atoms with Crippen LogP contribution in [0.15, 0.2) is 54.6 Å². The number of benzene rings is 2. The molecule has 0 bridgehead atoms. The van der Waals surface area contributed by atoms with Gasteiger partial charge in [0.1, 0.15) is 16.9 Å². The molecule has 0 fully saturated rings. The fourth-order valence-corrected chi connectivity index (χ4v) is 2.10. The lowest BCUT2D eigenvalue weighted by atomic mass is 10.1. The van der Waals surface area contributed by atoms with Crippen LogP contribution in [0.5, 0.6) is 0 Å². The standard InChI is InChI=1S/C16H12FN3O/c17-11-5-7-12(8-6-11)19-16(21)13-9-10-3-1-2-4-14(10)20-15(13)18/h1-9H,(H2,18,20)(H,19,21)/p+1. The van der Waals surface area contributed by atoms with Crippen LogP contribution in [-0.4, -0.2) is 5.91 Å². The zero-order valence-electron chi connectivity index (χ0n) is 11.1. The van der Waals surface area contributed by atoms with E-state index in [4.69, 9.17) is 5.73 Å². The first kappa shape index (κ1) is 13.1. The van der Waals surface area contributed by atoms with Crippen molar-refractivity contribution in [2.45, 2.75) is 0 Å². The van der Waals surface area contributed by atoms with Gasteiger partial charge in [-0.25, -0.2) is 9.37 Å². The average Bonchev–Trinajstić information content (AvgIpc) is 2.49. The molecule has 3 aromatic rings. The lowest BCUT2D eigenvalue weighted by molar-refractivity contribution is -0.326. The predicted molar refractivity (Wildman–Crippen MR) is 79.3 cm³/mol. The van der Waals surface area contributed by atoms with Crippen LogP contribution in [-0.2, 0) is 0 Å². The minimum Gasteiger partial charge on any atom is -0.322 e. The Balaban J connectivity index is 1.93. The van der Waals surface area contributed by atoms with Crippen molar-refractivity contribution in [1.29, 1.82) is 0 Å². The van der Waals surface area contributed by atoms with Gasteiger partial charge in [-0.3, -0.25) is 10.5 Å². The van der Waals surface area contributed by atoms with Gasteiger partial charge in [-0.15, -0.1) is 0 Å². The highest BCUT2D eigenvalue weighted by Gasteiger charge is 2.16. The van der Waals surface area contributed by atoms with Gasteiger partial charge in [0, 0.05) is 11.1 Å². The third kappa shape index (κ3) is 2.67. The summed E-state index contributed by atoms with van der Waals surface area (Å²) in [7, 11) is 0. The molecule has 0 radical (unpaired) electrons. The molecular formula is C16H13FN3O+. The fraction of sp³-hybridized carbons (Fsp3) is 0. The Hall–Kier alpha value is -2.95. The average molecular weight is 282 g/mol. The Kier molecular flexibility index (Phi) is 3.23. The smallest absolute Gasteiger partial charge is 0.283 e. The summed E-state index contributed by atoms with van der Waals surface area (Å²) < 4.78 is 12.8. The molecule has 3 rings (SSSR count). The first-order chi connectivity index (χ1) is 10.1. The number of aromatic amines is 1. The first-order valence-corrected chi connectivity index (χ1v) is 6.41. The van der Waals surface area contributed by atoms with Gasteiger partial charge in [0.05, 0.1) is 0 Å². The summed E-state index contributed by atoms with van der Waals surface area (Å²) in [5, 5.41) is 3.57. The van der Waals surface area contributed by atoms with Crippen molar-refractivity contribution in [3.05, 3.63) is 66.0 Å². The van der Waals surface area contributed by atoms with Crippen molar-refractivity contribution in [2.75, 3.05) is 11.1 Å². The third-order valence-electron chi connectivity index (χ3n) is 3.17. The number of H-pyrrole nitrogens is 1. The number of aromatic nitrogens is 1. The van der Waals surface area contributed by atoms with Crippen LogP contribution in [0.25, 0.3) is 10.9 Å². The highest BCUT2D eigenvalue weighted by Crippen LogP contribution is 2.17. The summed E-state index contributed by atoms with van der Waals surface area (Å²) in [6.07, 6.45) is 0. The number of nitrogen functional groups attached to an aromatic ring is 1. The molecule has 0 spiro atoms. The van der Waals surface area contributed by atoms with Gasteiger partial charge in [0.2, 0.25) is 0 Å².